The van der Waals surface area contributed by atoms with Crippen molar-refractivity contribution < 1.29 is 9.47 Å². The van der Waals surface area contributed by atoms with Gasteiger partial charge in [-0.1, -0.05) is 66.0 Å². The fourth-order valence-corrected chi connectivity index (χ4v) is 9.60. The number of fused-ring (bicyclic) bond motifs is 5. The van der Waals surface area contributed by atoms with Crippen molar-refractivity contribution in [1.29, 1.82) is 0 Å². The smallest absolute Gasteiger partial charge is 0.146 e. The van der Waals surface area contributed by atoms with Crippen molar-refractivity contribution in [2.24, 2.45) is 52.3 Å². The van der Waals surface area contributed by atoms with Gasteiger partial charge in [-0.3, -0.25) is 0 Å². The van der Waals surface area contributed by atoms with Crippen molar-refractivity contribution in [2.75, 3.05) is 13.9 Å². The first kappa shape index (κ1) is 25.7. The van der Waals surface area contributed by atoms with Crippen molar-refractivity contribution in [1.82, 2.24) is 0 Å². The third-order valence-electron chi connectivity index (χ3n) is 11.7. The van der Waals surface area contributed by atoms with E-state index in [2.05, 4.69) is 47.6 Å². The molecule has 0 saturated heterocycles. The first-order valence-corrected chi connectivity index (χ1v) is 14.5. The third-order valence-corrected chi connectivity index (χ3v) is 11.7. The summed E-state index contributed by atoms with van der Waals surface area (Å²) in [5, 5.41) is 0. The van der Waals surface area contributed by atoms with E-state index in [1.807, 2.05) is 0 Å². The molecule has 0 aromatic heterocycles. The molecule has 4 aliphatic rings. The van der Waals surface area contributed by atoms with Crippen LogP contribution in [-0.2, 0) is 9.47 Å². The molecule has 0 bridgehead atoms. The molecule has 33 heavy (non-hydrogen) atoms. The molecule has 0 radical (unpaired) electrons. The van der Waals surface area contributed by atoms with E-state index >= 15 is 0 Å². The van der Waals surface area contributed by atoms with Gasteiger partial charge in [0.25, 0.3) is 0 Å². The molecule has 3 saturated carbocycles. The molecular weight excluding hydrogens is 404 g/mol. The average molecular weight is 459 g/mol. The molecule has 0 N–H and O–H groups in total. The Morgan fingerprint density at radius 1 is 1.00 bits per heavy atom. The second-order valence-corrected chi connectivity index (χ2v) is 13.4. The molecule has 190 valence electrons. The molecule has 2 heteroatoms. The first-order valence-electron chi connectivity index (χ1n) is 14.5. The normalized spacial score (nSPS) is 42.3. The van der Waals surface area contributed by atoms with Crippen LogP contribution in [0, 0.1) is 52.3 Å². The van der Waals surface area contributed by atoms with Gasteiger partial charge in [0.05, 0.1) is 6.10 Å². The molecule has 4 rings (SSSR count). The maximum atomic E-state index is 5.99. The lowest BCUT2D eigenvalue weighted by atomic mass is 9.47. The summed E-state index contributed by atoms with van der Waals surface area (Å²) in [6.07, 6.45) is 18.2. The molecule has 2 nitrogen and oxygen atoms in total. The highest BCUT2D eigenvalue weighted by Gasteiger charge is 2.59. The SMILES string of the molecule is CCC(CC[C@@H](C)[C@H]1CC[C@H]2[C@@H]3CC=C4CC(OCOC)CC[C@]4(C)[C@H]3CC[C@]12C)C(C)C. The monoisotopic (exact) mass is 458 g/mol. The quantitative estimate of drug-likeness (QED) is 0.254. The number of rotatable bonds is 9. The topological polar surface area (TPSA) is 18.5 Å². The van der Waals surface area contributed by atoms with Crippen LogP contribution in [0.3, 0.4) is 0 Å². The summed E-state index contributed by atoms with van der Waals surface area (Å²) >= 11 is 0. The molecular formula is C31H54O2. The summed E-state index contributed by atoms with van der Waals surface area (Å²) in [6, 6.07) is 0. The second-order valence-electron chi connectivity index (χ2n) is 13.4. The minimum absolute atomic E-state index is 0.365. The Labute approximate surface area is 205 Å². The van der Waals surface area contributed by atoms with E-state index in [-0.39, 0.29) is 0 Å². The maximum Gasteiger partial charge on any atom is 0.146 e. The van der Waals surface area contributed by atoms with Crippen LogP contribution >= 0.6 is 0 Å². The van der Waals surface area contributed by atoms with Gasteiger partial charge in [0.1, 0.15) is 6.79 Å². The van der Waals surface area contributed by atoms with Crippen LogP contribution in [0.4, 0.5) is 0 Å². The van der Waals surface area contributed by atoms with Crippen molar-refractivity contribution in [2.45, 2.75) is 118 Å². The number of hydrogen-bond acceptors (Lipinski definition) is 2. The Hall–Kier alpha value is -0.340. The molecule has 3 fully saturated rings. The summed E-state index contributed by atoms with van der Waals surface area (Å²) in [4.78, 5) is 0. The lowest BCUT2D eigenvalue weighted by Gasteiger charge is -2.58. The van der Waals surface area contributed by atoms with Gasteiger partial charge in [-0.25, -0.2) is 0 Å². The predicted octanol–water partition coefficient (Wildman–Crippen LogP) is 8.65. The Balaban J connectivity index is 1.44. The summed E-state index contributed by atoms with van der Waals surface area (Å²) < 4.78 is 11.2. The van der Waals surface area contributed by atoms with E-state index in [9.17, 15) is 0 Å². The molecule has 9 atom stereocenters. The van der Waals surface area contributed by atoms with E-state index in [0.29, 0.717) is 23.7 Å². The van der Waals surface area contributed by atoms with Gasteiger partial charge < -0.3 is 9.47 Å². The Kier molecular flexibility index (Phi) is 8.06. The highest BCUT2D eigenvalue weighted by Crippen LogP contribution is 2.67. The fraction of sp³-hybridized carbons (Fsp3) is 0.935. The van der Waals surface area contributed by atoms with Gasteiger partial charge in [0.2, 0.25) is 0 Å². The van der Waals surface area contributed by atoms with Gasteiger partial charge in [-0.2, -0.15) is 0 Å². The fourth-order valence-electron chi connectivity index (χ4n) is 9.60. The van der Waals surface area contributed by atoms with Crippen molar-refractivity contribution in [3.8, 4) is 0 Å². The summed E-state index contributed by atoms with van der Waals surface area (Å²) in [5.41, 5.74) is 2.73. The van der Waals surface area contributed by atoms with Crippen LogP contribution in [0.2, 0.25) is 0 Å². The molecule has 4 aliphatic carbocycles. The van der Waals surface area contributed by atoms with Crippen LogP contribution in [0.25, 0.3) is 0 Å². The molecule has 2 unspecified atom stereocenters. The number of allylic oxidation sites excluding steroid dienone is 1. The van der Waals surface area contributed by atoms with Gasteiger partial charge in [-0.15, -0.1) is 0 Å². The minimum atomic E-state index is 0.365. The minimum Gasteiger partial charge on any atom is -0.359 e. The van der Waals surface area contributed by atoms with E-state index in [0.717, 1.165) is 47.8 Å². The second kappa shape index (κ2) is 10.3. The van der Waals surface area contributed by atoms with Crippen molar-refractivity contribution in [3.63, 3.8) is 0 Å². The van der Waals surface area contributed by atoms with Crippen molar-refractivity contribution >= 4 is 0 Å². The first-order chi connectivity index (χ1) is 15.7. The third kappa shape index (κ3) is 4.74. The zero-order valence-electron chi connectivity index (χ0n) is 23.0. The van der Waals surface area contributed by atoms with E-state index in [1.54, 1.807) is 12.7 Å². The van der Waals surface area contributed by atoms with E-state index < -0.39 is 0 Å². The highest BCUT2D eigenvalue weighted by atomic mass is 16.7. The molecule has 0 aromatic rings. The predicted molar refractivity (Wildman–Crippen MR) is 139 cm³/mol. The van der Waals surface area contributed by atoms with E-state index in [4.69, 9.17) is 9.47 Å². The summed E-state index contributed by atoms with van der Waals surface area (Å²) in [7, 11) is 1.73. The Bertz CT molecular complexity index is 682. The standard InChI is InChI=1S/C31H54O2/c1-8-23(21(2)3)10-9-22(4)27-13-14-28-26-12-11-24-19-25(33-20-32-7)15-17-30(24,5)29(26)16-18-31(27,28)6/h11,21-23,25-29H,8-10,12-20H2,1-7H3/t22-,23?,25?,26+,27-,28+,29+,30+,31-/m1/s1. The van der Waals surface area contributed by atoms with Gasteiger partial charge >= 0.3 is 0 Å². The molecule has 0 spiro atoms. The van der Waals surface area contributed by atoms with E-state index in [1.165, 1.54) is 64.2 Å². The lowest BCUT2D eigenvalue weighted by Crippen LogP contribution is -2.51. The number of methoxy groups -OCH3 is 1. The average Bonchev–Trinajstić information content (AvgIpc) is 3.15. The lowest BCUT2D eigenvalue weighted by molar-refractivity contribution is -0.0985. The van der Waals surface area contributed by atoms with Gasteiger partial charge in [0.15, 0.2) is 0 Å². The van der Waals surface area contributed by atoms with Crippen LogP contribution < -0.4 is 0 Å². The number of hydrogen-bond donors (Lipinski definition) is 0. The van der Waals surface area contributed by atoms with Crippen LogP contribution in [-0.4, -0.2) is 20.0 Å². The van der Waals surface area contributed by atoms with Gasteiger partial charge in [0, 0.05) is 7.11 Å². The van der Waals surface area contributed by atoms with Gasteiger partial charge in [-0.05, 0) is 110 Å². The Morgan fingerprint density at radius 2 is 1.79 bits per heavy atom. The molecule has 0 aromatic carbocycles. The highest BCUT2D eigenvalue weighted by molar-refractivity contribution is 5.25. The summed E-state index contributed by atoms with van der Waals surface area (Å²) in [5.74, 6) is 6.37. The largest absolute Gasteiger partial charge is 0.359 e. The summed E-state index contributed by atoms with van der Waals surface area (Å²) in [6.45, 7) is 15.6. The Morgan fingerprint density at radius 3 is 2.48 bits per heavy atom. The molecule has 0 heterocycles. The maximum absolute atomic E-state index is 5.99. The zero-order chi connectivity index (χ0) is 23.8. The molecule has 0 aliphatic heterocycles. The van der Waals surface area contributed by atoms with Crippen LogP contribution in [0.5, 0.6) is 0 Å². The van der Waals surface area contributed by atoms with Crippen LogP contribution in [0.15, 0.2) is 11.6 Å². The number of ether oxygens (including phenoxy) is 2. The van der Waals surface area contributed by atoms with Crippen molar-refractivity contribution in [3.05, 3.63) is 11.6 Å². The zero-order valence-corrected chi connectivity index (χ0v) is 23.0. The van der Waals surface area contributed by atoms with Crippen LogP contribution in [0.1, 0.15) is 112 Å². The molecule has 0 amide bonds.